The normalized spacial score (nSPS) is 10.7. The molecule has 4 heteroatoms. The van der Waals surface area contributed by atoms with Gasteiger partial charge in [0.05, 0.1) is 5.52 Å². The van der Waals surface area contributed by atoms with Crippen molar-refractivity contribution in [2.75, 3.05) is 0 Å². The van der Waals surface area contributed by atoms with E-state index >= 15 is 0 Å². The second kappa shape index (κ2) is 2.83. The Hall–Kier alpha value is -1.84. The zero-order valence-corrected chi connectivity index (χ0v) is 7.62. The summed E-state index contributed by atoms with van der Waals surface area (Å²) in [7, 11) is 0. The van der Waals surface area contributed by atoms with Gasteiger partial charge in [-0.05, 0) is 25.1 Å². The lowest BCUT2D eigenvalue weighted by Crippen LogP contribution is -2.10. The first-order chi connectivity index (χ1) is 6.61. The second-order valence-electron chi connectivity index (χ2n) is 3.17. The summed E-state index contributed by atoms with van der Waals surface area (Å²) in [4.78, 5) is 11.6. The van der Waals surface area contributed by atoms with Gasteiger partial charge < -0.3 is 5.73 Å². The van der Waals surface area contributed by atoms with E-state index < -0.39 is 5.91 Å². The fourth-order valence-corrected chi connectivity index (χ4v) is 1.55. The molecule has 0 aliphatic carbocycles. The number of fused-ring (bicyclic) bond motifs is 1. The predicted molar refractivity (Wildman–Crippen MR) is 51.7 cm³/mol. The van der Waals surface area contributed by atoms with Gasteiger partial charge in [0.1, 0.15) is 0 Å². The van der Waals surface area contributed by atoms with E-state index in [-0.39, 0.29) is 0 Å². The van der Waals surface area contributed by atoms with Gasteiger partial charge in [-0.15, -0.1) is 0 Å². The third-order valence-corrected chi connectivity index (χ3v) is 2.22. The van der Waals surface area contributed by atoms with Crippen LogP contribution in [0, 0.1) is 6.92 Å². The molecule has 1 amide bonds. The van der Waals surface area contributed by atoms with Crippen molar-refractivity contribution < 1.29 is 9.28 Å². The molecule has 0 saturated carbocycles. The van der Waals surface area contributed by atoms with Crippen LogP contribution in [-0.4, -0.2) is 10.7 Å². The number of benzene rings is 1. The number of halogens is 1. The van der Waals surface area contributed by atoms with Crippen LogP contribution in [0.2, 0.25) is 0 Å². The minimum atomic E-state index is -0.541. The number of nitrogens with two attached hydrogens (primary N) is 1. The lowest BCUT2D eigenvalue weighted by atomic mass is 10.1. The molecule has 0 unspecified atom stereocenters. The molecule has 0 bridgehead atoms. The standard InChI is InChI=1S/C10H9FN2O/c1-6-5-8-7(10(12)14)3-2-4-9(8)13(6)11/h2-5H,1H3,(H2,12,14). The highest BCUT2D eigenvalue weighted by atomic mass is 19.2. The number of aromatic nitrogens is 1. The molecule has 0 aliphatic rings. The van der Waals surface area contributed by atoms with E-state index in [1.165, 1.54) is 0 Å². The number of primary amides is 1. The molecule has 1 aromatic heterocycles. The van der Waals surface area contributed by atoms with Crippen LogP contribution < -0.4 is 5.73 Å². The number of carbonyl (C=O) groups is 1. The number of nitrogens with zero attached hydrogens (tertiary/aromatic N) is 1. The maximum Gasteiger partial charge on any atom is 0.249 e. The molecule has 0 atom stereocenters. The molecule has 2 N–H and O–H groups in total. The summed E-state index contributed by atoms with van der Waals surface area (Å²) in [6.07, 6.45) is 0. The van der Waals surface area contributed by atoms with Crippen LogP contribution in [0.5, 0.6) is 0 Å². The number of rotatable bonds is 1. The van der Waals surface area contributed by atoms with Crippen LogP contribution in [0.3, 0.4) is 0 Å². The molecular formula is C10H9FN2O. The molecule has 0 spiro atoms. The number of carbonyl (C=O) groups excluding carboxylic acids is 1. The van der Waals surface area contributed by atoms with Crippen LogP contribution in [0.1, 0.15) is 16.1 Å². The van der Waals surface area contributed by atoms with Gasteiger partial charge in [0.25, 0.3) is 0 Å². The Bertz CT molecular complexity index is 516. The SMILES string of the molecule is Cc1cc2c(C(N)=O)cccc2n1F. The molecule has 2 aromatic rings. The summed E-state index contributed by atoms with van der Waals surface area (Å²) in [5, 5.41) is 0.556. The van der Waals surface area contributed by atoms with Gasteiger partial charge in [-0.25, -0.2) is 0 Å². The summed E-state index contributed by atoms with van der Waals surface area (Å²) < 4.78 is 13.4. The number of hydrogen-bond donors (Lipinski definition) is 1. The van der Waals surface area contributed by atoms with Crippen molar-refractivity contribution in [3.8, 4) is 0 Å². The highest BCUT2D eigenvalue weighted by Gasteiger charge is 2.11. The second-order valence-corrected chi connectivity index (χ2v) is 3.17. The summed E-state index contributed by atoms with van der Waals surface area (Å²) >= 11 is 0. The Morgan fingerprint density at radius 2 is 2.21 bits per heavy atom. The molecule has 0 radical (unpaired) electrons. The molecule has 72 valence electrons. The van der Waals surface area contributed by atoms with Gasteiger partial charge >= 0.3 is 0 Å². The fraction of sp³-hybridized carbons (Fsp3) is 0.100. The largest absolute Gasteiger partial charge is 0.366 e. The number of hydrogen-bond acceptors (Lipinski definition) is 1. The third kappa shape index (κ3) is 1.08. The van der Waals surface area contributed by atoms with E-state index in [0.29, 0.717) is 26.9 Å². The van der Waals surface area contributed by atoms with Gasteiger partial charge in [-0.3, -0.25) is 4.79 Å². The number of aryl methyl sites for hydroxylation is 1. The van der Waals surface area contributed by atoms with Crippen molar-refractivity contribution in [3.05, 3.63) is 35.5 Å². The maximum absolute atomic E-state index is 13.4. The van der Waals surface area contributed by atoms with Crippen molar-refractivity contribution in [2.24, 2.45) is 5.73 Å². The molecular weight excluding hydrogens is 183 g/mol. The van der Waals surface area contributed by atoms with Crippen molar-refractivity contribution in [1.82, 2.24) is 4.79 Å². The topological polar surface area (TPSA) is 48.0 Å². The monoisotopic (exact) mass is 192 g/mol. The van der Waals surface area contributed by atoms with Gasteiger partial charge in [0.15, 0.2) is 0 Å². The van der Waals surface area contributed by atoms with Gasteiger partial charge in [-0.2, -0.15) is 4.79 Å². The minimum Gasteiger partial charge on any atom is -0.366 e. The average molecular weight is 192 g/mol. The molecule has 2 rings (SSSR count). The first-order valence-electron chi connectivity index (χ1n) is 4.18. The molecule has 0 saturated heterocycles. The maximum atomic E-state index is 13.4. The summed E-state index contributed by atoms with van der Waals surface area (Å²) in [6, 6.07) is 6.41. The van der Waals surface area contributed by atoms with Crippen LogP contribution in [-0.2, 0) is 0 Å². The van der Waals surface area contributed by atoms with Gasteiger partial charge in [-0.1, -0.05) is 10.5 Å². The Labute approximate surface area is 79.9 Å². The molecule has 3 nitrogen and oxygen atoms in total. The van der Waals surface area contributed by atoms with Crippen molar-refractivity contribution in [2.45, 2.75) is 6.92 Å². The number of amides is 1. The Morgan fingerprint density at radius 3 is 2.86 bits per heavy atom. The highest BCUT2D eigenvalue weighted by molar-refractivity contribution is 6.05. The zero-order chi connectivity index (χ0) is 10.3. The van der Waals surface area contributed by atoms with Crippen LogP contribution in [0.15, 0.2) is 24.3 Å². The van der Waals surface area contributed by atoms with E-state index in [1.54, 1.807) is 31.2 Å². The Balaban J connectivity index is 2.88. The molecule has 0 fully saturated rings. The van der Waals surface area contributed by atoms with Crippen LogP contribution in [0.4, 0.5) is 4.48 Å². The van der Waals surface area contributed by atoms with E-state index in [4.69, 9.17) is 5.73 Å². The minimum absolute atomic E-state index is 0.349. The lowest BCUT2D eigenvalue weighted by molar-refractivity contribution is 0.100. The van der Waals surface area contributed by atoms with Crippen LogP contribution in [0.25, 0.3) is 10.9 Å². The Morgan fingerprint density at radius 1 is 1.50 bits per heavy atom. The van der Waals surface area contributed by atoms with Crippen molar-refractivity contribution in [1.29, 1.82) is 0 Å². The van der Waals surface area contributed by atoms with E-state index in [2.05, 4.69) is 0 Å². The van der Waals surface area contributed by atoms with E-state index in [1.807, 2.05) is 0 Å². The van der Waals surface area contributed by atoms with Gasteiger partial charge in [0, 0.05) is 16.6 Å². The fourth-order valence-electron chi connectivity index (χ4n) is 1.55. The average Bonchev–Trinajstić information content (AvgIpc) is 2.43. The molecule has 0 aliphatic heterocycles. The van der Waals surface area contributed by atoms with Crippen molar-refractivity contribution in [3.63, 3.8) is 0 Å². The molecule has 14 heavy (non-hydrogen) atoms. The quantitative estimate of drug-likeness (QED) is 0.735. The summed E-state index contributed by atoms with van der Waals surface area (Å²) in [5.74, 6) is -0.541. The summed E-state index contributed by atoms with van der Waals surface area (Å²) in [5.41, 5.74) is 6.34. The summed E-state index contributed by atoms with van der Waals surface area (Å²) in [6.45, 7) is 1.63. The molecule has 1 heterocycles. The van der Waals surface area contributed by atoms with E-state index in [9.17, 15) is 9.28 Å². The van der Waals surface area contributed by atoms with Crippen molar-refractivity contribution >= 4 is 16.8 Å². The van der Waals surface area contributed by atoms with Gasteiger partial charge in [0.2, 0.25) is 5.91 Å². The highest BCUT2D eigenvalue weighted by Crippen LogP contribution is 2.22. The third-order valence-electron chi connectivity index (χ3n) is 2.22. The van der Waals surface area contributed by atoms with E-state index in [0.717, 1.165) is 0 Å². The first kappa shape index (κ1) is 8.74. The predicted octanol–water partition coefficient (Wildman–Crippen LogP) is 1.78. The van der Waals surface area contributed by atoms with Crippen LogP contribution >= 0.6 is 0 Å². The first-order valence-corrected chi connectivity index (χ1v) is 4.18. The Kier molecular flexibility index (Phi) is 1.77. The smallest absolute Gasteiger partial charge is 0.249 e. The lowest BCUT2D eigenvalue weighted by Gasteiger charge is -1.97. The zero-order valence-electron chi connectivity index (χ0n) is 7.62. The molecule has 1 aromatic carbocycles.